The van der Waals surface area contributed by atoms with Crippen LogP contribution in [0.4, 0.5) is 5.82 Å². The highest BCUT2D eigenvalue weighted by Crippen LogP contribution is 2.53. The second-order valence-electron chi connectivity index (χ2n) is 12.3. The van der Waals surface area contributed by atoms with E-state index in [0.29, 0.717) is 29.0 Å². The van der Waals surface area contributed by atoms with Crippen LogP contribution >= 0.6 is 0 Å². The van der Waals surface area contributed by atoms with Crippen LogP contribution in [-0.4, -0.2) is 66.6 Å². The Morgan fingerprint density at radius 3 is 2.45 bits per heavy atom. The van der Waals surface area contributed by atoms with E-state index in [1.807, 2.05) is 6.07 Å². The molecule has 1 unspecified atom stereocenters. The number of piperazine rings is 1. The summed E-state index contributed by atoms with van der Waals surface area (Å²) in [7, 11) is 1.72. The summed E-state index contributed by atoms with van der Waals surface area (Å²) in [6.45, 7) is 10.9. The van der Waals surface area contributed by atoms with Gasteiger partial charge in [-0.25, -0.2) is 4.98 Å². The minimum Gasteiger partial charge on any atom is -0.497 e. The van der Waals surface area contributed by atoms with Crippen molar-refractivity contribution in [3.8, 4) is 5.75 Å². The molecule has 2 saturated heterocycles. The maximum absolute atomic E-state index is 11.4. The van der Waals surface area contributed by atoms with Gasteiger partial charge in [-0.3, -0.25) is 14.6 Å². The number of anilines is 1. The first-order valence-electron chi connectivity index (χ1n) is 14.5. The fourth-order valence-corrected chi connectivity index (χ4v) is 7.12. The third kappa shape index (κ3) is 5.20. The molecule has 2 N–H and O–H groups in total. The van der Waals surface area contributed by atoms with Crippen molar-refractivity contribution < 1.29 is 9.53 Å². The summed E-state index contributed by atoms with van der Waals surface area (Å²) in [5.74, 6) is 1.91. The summed E-state index contributed by atoms with van der Waals surface area (Å²) >= 11 is 0. The molecule has 2 aromatic carbocycles. The van der Waals surface area contributed by atoms with Gasteiger partial charge in [0.25, 0.3) is 0 Å². The molecule has 2 aliphatic heterocycles. The Morgan fingerprint density at radius 2 is 1.80 bits per heavy atom. The van der Waals surface area contributed by atoms with Crippen molar-refractivity contribution in [2.24, 2.45) is 11.1 Å². The first-order valence-corrected chi connectivity index (χ1v) is 14.5. The fraction of sp³-hybridized carbons (Fsp3) is 0.455. The van der Waals surface area contributed by atoms with Crippen molar-refractivity contribution in [1.29, 1.82) is 0 Å². The van der Waals surface area contributed by atoms with E-state index in [4.69, 9.17) is 10.5 Å². The molecule has 3 fully saturated rings. The van der Waals surface area contributed by atoms with Crippen molar-refractivity contribution in [3.05, 3.63) is 89.1 Å². The highest BCUT2D eigenvalue weighted by molar-refractivity contribution is 5.92. The predicted molar refractivity (Wildman–Crippen MR) is 159 cm³/mol. The summed E-state index contributed by atoms with van der Waals surface area (Å²) in [6.07, 6.45) is 4.07. The Hall–Kier alpha value is -3.42. The number of amides is 1. The topological polar surface area (TPSA) is 74.9 Å². The zero-order valence-electron chi connectivity index (χ0n) is 23.9. The lowest BCUT2D eigenvalue weighted by Crippen LogP contribution is -2.68. The van der Waals surface area contributed by atoms with E-state index in [9.17, 15) is 4.79 Å². The molecule has 1 atom stereocenters. The van der Waals surface area contributed by atoms with Gasteiger partial charge in [-0.05, 0) is 59.7 Å². The van der Waals surface area contributed by atoms with Gasteiger partial charge in [0.1, 0.15) is 11.6 Å². The van der Waals surface area contributed by atoms with Gasteiger partial charge in [-0.1, -0.05) is 50.2 Å². The van der Waals surface area contributed by atoms with Crippen molar-refractivity contribution in [1.82, 2.24) is 14.8 Å². The molecule has 1 saturated carbocycles. The second-order valence-corrected chi connectivity index (χ2v) is 12.3. The van der Waals surface area contributed by atoms with Crippen LogP contribution in [0.25, 0.3) is 0 Å². The average Bonchev–Trinajstić information content (AvgIpc) is 2.92. The number of carbonyl (C=O) groups is 1. The summed E-state index contributed by atoms with van der Waals surface area (Å²) in [6, 6.07) is 22.3. The quantitative estimate of drug-likeness (QED) is 0.442. The van der Waals surface area contributed by atoms with E-state index in [1.54, 1.807) is 19.4 Å². The number of ether oxygens (including phenoxy) is 1. The summed E-state index contributed by atoms with van der Waals surface area (Å²) in [4.78, 5) is 23.7. The van der Waals surface area contributed by atoms with Crippen LogP contribution in [-0.2, 0) is 6.54 Å². The van der Waals surface area contributed by atoms with Crippen LogP contribution in [0.15, 0.2) is 66.9 Å². The van der Waals surface area contributed by atoms with Crippen molar-refractivity contribution in [3.63, 3.8) is 0 Å². The SMILES string of the molecule is COc1ccc(CN2CCN(C3CC4(C3)CN(c3ccc(C(N)=O)cn3)C4)C(c3ccccc3C(C)C)C2)cc1. The third-order valence-electron chi connectivity index (χ3n) is 9.26. The number of hydrogen-bond acceptors (Lipinski definition) is 6. The van der Waals surface area contributed by atoms with Crippen LogP contribution in [0.3, 0.4) is 0 Å². The van der Waals surface area contributed by atoms with Crippen molar-refractivity contribution in [2.45, 2.75) is 51.2 Å². The molecule has 210 valence electrons. The number of rotatable bonds is 8. The number of benzene rings is 2. The van der Waals surface area contributed by atoms with Crippen LogP contribution in [0.1, 0.15) is 65.7 Å². The minimum absolute atomic E-state index is 0.386. The lowest BCUT2D eigenvalue weighted by molar-refractivity contribution is -0.0648. The van der Waals surface area contributed by atoms with Crippen molar-refractivity contribution >= 4 is 11.7 Å². The summed E-state index contributed by atoms with van der Waals surface area (Å²) in [5, 5.41) is 0. The number of primary amides is 1. The predicted octanol–water partition coefficient (Wildman–Crippen LogP) is 4.84. The fourth-order valence-electron chi connectivity index (χ4n) is 7.12. The van der Waals surface area contributed by atoms with E-state index >= 15 is 0 Å². The summed E-state index contributed by atoms with van der Waals surface area (Å²) in [5.41, 5.74) is 10.5. The van der Waals surface area contributed by atoms with Crippen LogP contribution in [0.5, 0.6) is 5.75 Å². The molecular weight excluding hydrogens is 498 g/mol. The molecule has 7 heteroatoms. The smallest absolute Gasteiger partial charge is 0.250 e. The van der Waals surface area contributed by atoms with Gasteiger partial charge in [-0.2, -0.15) is 0 Å². The Labute approximate surface area is 237 Å². The zero-order valence-corrected chi connectivity index (χ0v) is 23.9. The Morgan fingerprint density at radius 1 is 1.05 bits per heavy atom. The molecule has 1 spiro atoms. The van der Waals surface area contributed by atoms with Gasteiger partial charge in [0.05, 0.1) is 12.7 Å². The molecule has 7 nitrogen and oxygen atoms in total. The molecule has 40 heavy (non-hydrogen) atoms. The maximum atomic E-state index is 11.4. The number of nitrogens with zero attached hydrogens (tertiary/aromatic N) is 4. The van der Waals surface area contributed by atoms with E-state index < -0.39 is 5.91 Å². The number of hydrogen-bond donors (Lipinski definition) is 1. The van der Waals surface area contributed by atoms with E-state index in [1.165, 1.54) is 29.5 Å². The molecule has 1 aromatic heterocycles. The zero-order chi connectivity index (χ0) is 27.9. The van der Waals surface area contributed by atoms with Crippen molar-refractivity contribution in [2.75, 3.05) is 44.7 Å². The molecule has 6 rings (SSSR count). The molecule has 0 radical (unpaired) electrons. The highest BCUT2D eigenvalue weighted by atomic mass is 16.5. The van der Waals surface area contributed by atoms with Crippen LogP contribution < -0.4 is 15.4 Å². The molecule has 3 heterocycles. The number of aromatic nitrogens is 1. The standard InChI is InChI=1S/C33H41N5O2/c1-23(2)28-6-4-5-7-29(28)30-20-36(19-24-8-11-27(40-3)12-9-24)14-15-38(30)26-16-33(17-26)21-37(22-33)31-13-10-25(18-35-31)32(34)39/h4-13,18,23,26,30H,14-17,19-22H2,1-3H3,(H2,34,39). The largest absolute Gasteiger partial charge is 0.497 e. The number of nitrogens with two attached hydrogens (primary N) is 1. The van der Waals surface area contributed by atoms with Gasteiger partial charge in [-0.15, -0.1) is 0 Å². The van der Waals surface area contributed by atoms with Gasteiger partial charge in [0, 0.05) is 63.0 Å². The maximum Gasteiger partial charge on any atom is 0.250 e. The molecule has 3 aliphatic rings. The van der Waals surface area contributed by atoms with Gasteiger partial charge < -0.3 is 15.4 Å². The lowest BCUT2D eigenvalue weighted by Gasteiger charge is -2.63. The van der Waals surface area contributed by atoms with E-state index in [-0.39, 0.29) is 0 Å². The lowest BCUT2D eigenvalue weighted by atomic mass is 9.60. The van der Waals surface area contributed by atoms with Gasteiger partial charge >= 0.3 is 0 Å². The van der Waals surface area contributed by atoms with Gasteiger partial charge in [0.2, 0.25) is 5.91 Å². The average molecular weight is 540 g/mol. The second kappa shape index (κ2) is 10.9. The third-order valence-corrected chi connectivity index (χ3v) is 9.26. The number of carbonyl (C=O) groups excluding carboxylic acids is 1. The molecule has 1 aliphatic carbocycles. The number of methoxy groups -OCH3 is 1. The van der Waals surface area contributed by atoms with E-state index in [0.717, 1.165) is 50.8 Å². The monoisotopic (exact) mass is 539 g/mol. The van der Waals surface area contributed by atoms with Crippen LogP contribution in [0, 0.1) is 5.41 Å². The number of pyridine rings is 1. The molecule has 3 aromatic rings. The van der Waals surface area contributed by atoms with Gasteiger partial charge in [0.15, 0.2) is 0 Å². The summed E-state index contributed by atoms with van der Waals surface area (Å²) < 4.78 is 5.36. The molecule has 1 amide bonds. The minimum atomic E-state index is -0.432. The first-order chi connectivity index (χ1) is 19.3. The Kier molecular flexibility index (Phi) is 7.27. The Bertz CT molecular complexity index is 1330. The Balaban J connectivity index is 1.14. The normalized spacial score (nSPS) is 21.3. The molecular formula is C33H41N5O2. The van der Waals surface area contributed by atoms with Crippen LogP contribution in [0.2, 0.25) is 0 Å². The highest BCUT2D eigenvalue weighted by Gasteiger charge is 2.55. The van der Waals surface area contributed by atoms with E-state index in [2.05, 4.69) is 82.1 Å². The molecule has 0 bridgehead atoms. The first kappa shape index (κ1) is 26.8.